The summed E-state index contributed by atoms with van der Waals surface area (Å²) in [5, 5.41) is 0. The number of alkyl halides is 16. The summed E-state index contributed by atoms with van der Waals surface area (Å²) in [6.07, 6.45) is -0.694. The molecule has 0 saturated carbocycles. The summed E-state index contributed by atoms with van der Waals surface area (Å²) in [7, 11) is 0. The van der Waals surface area contributed by atoms with Crippen LogP contribution in [0.3, 0.4) is 0 Å². The normalized spacial score (nSPS) is 32.7. The number of nitrogens with zero attached hydrogens (tertiary/aromatic N) is 2. The minimum Gasteiger partial charge on any atom is -0.191 e. The van der Waals surface area contributed by atoms with Gasteiger partial charge in [0.05, 0.1) is 0 Å². The SMILES string of the molecule is FC1(F)N(C/C=C/CN2C(F)(F)C(F)(F)C(F)(F)C2(F)F)C(F)(F)C(F)(F)C1(F)F. The summed E-state index contributed by atoms with van der Waals surface area (Å²) in [4.78, 5) is -4.19. The van der Waals surface area contributed by atoms with Gasteiger partial charge in [0, 0.05) is 13.1 Å². The van der Waals surface area contributed by atoms with Crippen LogP contribution in [0.4, 0.5) is 70.2 Å². The molecule has 2 heterocycles. The Labute approximate surface area is 154 Å². The molecule has 176 valence electrons. The molecule has 0 N–H and O–H groups in total. The maximum Gasteiger partial charge on any atom is 0.394 e. The molecule has 0 amide bonds. The number of hydrogen-bond donors (Lipinski definition) is 0. The standard InChI is InChI=1S/C12H6F16N2/c13-5(14)6(15,16)10(23,24)29(9(5,21)22)3-1-2-4-30-11(25,26)7(17,18)8(19,20)12(30,27)28/h1-2H,3-4H2/b2-1+. The van der Waals surface area contributed by atoms with Gasteiger partial charge >= 0.3 is 47.9 Å². The summed E-state index contributed by atoms with van der Waals surface area (Å²) in [5.41, 5.74) is 0. The molecule has 0 aliphatic carbocycles. The van der Waals surface area contributed by atoms with Crippen molar-refractivity contribution in [1.29, 1.82) is 0 Å². The van der Waals surface area contributed by atoms with Gasteiger partial charge in [-0.05, 0) is 0 Å². The van der Waals surface area contributed by atoms with Crippen LogP contribution in [-0.4, -0.2) is 70.8 Å². The fourth-order valence-corrected chi connectivity index (χ4v) is 2.60. The zero-order valence-corrected chi connectivity index (χ0v) is 13.5. The highest BCUT2D eigenvalue weighted by molar-refractivity contribution is 5.15. The lowest BCUT2D eigenvalue weighted by atomic mass is 10.2. The van der Waals surface area contributed by atoms with E-state index in [1.165, 1.54) is 0 Å². The number of likely N-dealkylation sites (tertiary alicyclic amines) is 2. The Morgan fingerprint density at radius 1 is 0.367 bits per heavy atom. The van der Waals surface area contributed by atoms with Crippen LogP contribution < -0.4 is 0 Å². The Hall–Kier alpha value is -1.46. The van der Waals surface area contributed by atoms with Crippen molar-refractivity contribution in [3.8, 4) is 0 Å². The molecule has 2 aliphatic heterocycles. The highest BCUT2D eigenvalue weighted by Gasteiger charge is 2.93. The zero-order valence-electron chi connectivity index (χ0n) is 13.5. The third-order valence-electron chi connectivity index (χ3n) is 4.40. The molecular weight excluding hydrogens is 476 g/mol. The van der Waals surface area contributed by atoms with Crippen molar-refractivity contribution in [2.45, 2.75) is 47.9 Å². The van der Waals surface area contributed by atoms with Crippen LogP contribution in [0.1, 0.15) is 0 Å². The maximum atomic E-state index is 13.3. The van der Waals surface area contributed by atoms with Gasteiger partial charge in [-0.2, -0.15) is 80.0 Å². The predicted octanol–water partition coefficient (Wildman–Crippen LogP) is 5.09. The van der Waals surface area contributed by atoms with Gasteiger partial charge in [0.2, 0.25) is 0 Å². The van der Waals surface area contributed by atoms with Crippen molar-refractivity contribution < 1.29 is 70.2 Å². The van der Waals surface area contributed by atoms with Crippen molar-refractivity contribution in [2.24, 2.45) is 0 Å². The number of halogens is 16. The molecular formula is C12H6F16N2. The first-order valence-electron chi connectivity index (χ1n) is 7.20. The molecule has 2 rings (SSSR count). The highest BCUT2D eigenvalue weighted by atomic mass is 19.4. The van der Waals surface area contributed by atoms with E-state index in [2.05, 4.69) is 0 Å². The molecule has 30 heavy (non-hydrogen) atoms. The van der Waals surface area contributed by atoms with E-state index in [1.807, 2.05) is 0 Å². The van der Waals surface area contributed by atoms with Crippen LogP contribution >= 0.6 is 0 Å². The Balaban J connectivity index is 2.27. The van der Waals surface area contributed by atoms with Crippen LogP contribution in [0.25, 0.3) is 0 Å². The lowest BCUT2D eigenvalue weighted by Crippen LogP contribution is -2.51. The summed E-state index contributed by atoms with van der Waals surface area (Å²) in [5.74, 6) is -26.5. The third-order valence-corrected chi connectivity index (χ3v) is 4.40. The van der Waals surface area contributed by atoms with E-state index in [4.69, 9.17) is 0 Å². The first-order chi connectivity index (χ1) is 13.0. The molecule has 2 saturated heterocycles. The Kier molecular flexibility index (Phi) is 5.02. The molecule has 0 unspecified atom stereocenters. The second-order valence-electron chi connectivity index (χ2n) is 6.16. The van der Waals surface area contributed by atoms with Gasteiger partial charge in [-0.25, -0.2) is 0 Å². The Bertz CT molecular complexity index is 614. The molecule has 2 fully saturated rings. The highest BCUT2D eigenvalue weighted by Crippen LogP contribution is 2.63. The average molecular weight is 482 g/mol. The molecule has 0 aromatic rings. The lowest BCUT2D eigenvalue weighted by molar-refractivity contribution is -0.303. The van der Waals surface area contributed by atoms with E-state index in [1.54, 1.807) is 0 Å². The molecule has 2 aliphatic rings. The number of hydrogen-bond acceptors (Lipinski definition) is 2. The molecule has 0 radical (unpaired) electrons. The molecule has 18 heteroatoms. The van der Waals surface area contributed by atoms with Crippen LogP contribution in [0.15, 0.2) is 12.2 Å². The second-order valence-corrected chi connectivity index (χ2v) is 6.16. The molecule has 0 spiro atoms. The molecule has 0 bridgehead atoms. The first-order valence-corrected chi connectivity index (χ1v) is 7.20. The largest absolute Gasteiger partial charge is 0.394 e. The molecule has 2 nitrogen and oxygen atoms in total. The van der Waals surface area contributed by atoms with Crippen molar-refractivity contribution in [3.05, 3.63) is 12.2 Å². The van der Waals surface area contributed by atoms with Gasteiger partial charge in [-0.3, -0.25) is 0 Å². The van der Waals surface area contributed by atoms with Gasteiger partial charge < -0.3 is 0 Å². The van der Waals surface area contributed by atoms with Gasteiger partial charge in [-0.1, -0.05) is 12.2 Å². The zero-order chi connectivity index (χ0) is 24.0. The van der Waals surface area contributed by atoms with Crippen molar-refractivity contribution in [3.63, 3.8) is 0 Å². The van der Waals surface area contributed by atoms with Crippen LogP contribution in [0.2, 0.25) is 0 Å². The van der Waals surface area contributed by atoms with Crippen molar-refractivity contribution in [2.75, 3.05) is 13.1 Å². The van der Waals surface area contributed by atoms with E-state index in [0.29, 0.717) is 0 Å². The van der Waals surface area contributed by atoms with Crippen molar-refractivity contribution >= 4 is 0 Å². The minimum absolute atomic E-state index is 0.347. The molecule has 0 atom stereocenters. The van der Waals surface area contributed by atoms with Crippen LogP contribution in [-0.2, 0) is 0 Å². The van der Waals surface area contributed by atoms with Gasteiger partial charge in [0.1, 0.15) is 0 Å². The maximum absolute atomic E-state index is 13.3. The quantitative estimate of drug-likeness (QED) is 0.313. The molecule has 0 aromatic heterocycles. The van der Waals surface area contributed by atoms with Gasteiger partial charge in [0.25, 0.3) is 0 Å². The van der Waals surface area contributed by atoms with E-state index >= 15 is 0 Å². The smallest absolute Gasteiger partial charge is 0.191 e. The van der Waals surface area contributed by atoms with Gasteiger partial charge in [0.15, 0.2) is 0 Å². The molecule has 0 aromatic carbocycles. The minimum atomic E-state index is -6.63. The fourth-order valence-electron chi connectivity index (χ4n) is 2.60. The Morgan fingerprint density at radius 2 is 0.533 bits per heavy atom. The summed E-state index contributed by atoms with van der Waals surface area (Å²) in [6.45, 7) is -4.63. The fraction of sp³-hybridized carbons (Fsp3) is 0.833. The summed E-state index contributed by atoms with van der Waals surface area (Å²) < 4.78 is 210. The summed E-state index contributed by atoms with van der Waals surface area (Å²) in [6, 6.07) is -24.9. The average Bonchev–Trinajstić information content (AvgIpc) is 2.65. The van der Waals surface area contributed by atoms with Crippen LogP contribution in [0.5, 0.6) is 0 Å². The third kappa shape index (κ3) is 2.48. The summed E-state index contributed by atoms with van der Waals surface area (Å²) >= 11 is 0. The van der Waals surface area contributed by atoms with E-state index in [9.17, 15) is 70.2 Å². The predicted molar refractivity (Wildman–Crippen MR) is 62.1 cm³/mol. The van der Waals surface area contributed by atoms with Crippen LogP contribution in [0, 0.1) is 0 Å². The van der Waals surface area contributed by atoms with E-state index in [-0.39, 0.29) is 12.2 Å². The van der Waals surface area contributed by atoms with E-state index in [0.717, 1.165) is 0 Å². The number of rotatable bonds is 4. The van der Waals surface area contributed by atoms with Gasteiger partial charge in [-0.15, -0.1) is 0 Å². The monoisotopic (exact) mass is 482 g/mol. The Morgan fingerprint density at radius 3 is 0.700 bits per heavy atom. The lowest BCUT2D eigenvalue weighted by Gasteiger charge is -2.28. The van der Waals surface area contributed by atoms with E-state index < -0.39 is 70.8 Å². The topological polar surface area (TPSA) is 6.48 Å². The van der Waals surface area contributed by atoms with Crippen molar-refractivity contribution in [1.82, 2.24) is 9.80 Å². The first kappa shape index (κ1) is 24.8. The second kappa shape index (κ2) is 6.07.